The van der Waals surface area contributed by atoms with E-state index in [2.05, 4.69) is 5.32 Å². The van der Waals surface area contributed by atoms with E-state index in [0.29, 0.717) is 18.4 Å². The van der Waals surface area contributed by atoms with Gasteiger partial charge in [-0.15, -0.1) is 12.4 Å². The number of hydrogen-bond donors (Lipinski definition) is 1. The Morgan fingerprint density at radius 1 is 1.47 bits per heavy atom. The van der Waals surface area contributed by atoms with Crippen molar-refractivity contribution in [2.45, 2.75) is 18.9 Å². The molecule has 5 nitrogen and oxygen atoms in total. The third kappa shape index (κ3) is 4.58. The van der Waals surface area contributed by atoms with Crippen molar-refractivity contribution >= 4 is 18.1 Å². The van der Waals surface area contributed by atoms with E-state index in [1.165, 1.54) is 25.0 Å². The van der Waals surface area contributed by atoms with Crippen molar-refractivity contribution in [2.75, 3.05) is 13.2 Å². The molecule has 1 fully saturated rings. The Kier molecular flexibility index (Phi) is 5.18. The van der Waals surface area contributed by atoms with Crippen molar-refractivity contribution in [3.8, 4) is 5.75 Å². The summed E-state index contributed by atoms with van der Waals surface area (Å²) >= 11 is 0. The molecule has 0 bridgehead atoms. The van der Waals surface area contributed by atoms with E-state index in [1.54, 1.807) is 12.1 Å². The molecule has 2 rings (SSSR count). The minimum absolute atomic E-state index is 0. The maximum absolute atomic E-state index is 10.5. The first-order valence-electron chi connectivity index (χ1n) is 5.36. The monoisotopic (exact) mass is 258 g/mol. The molecule has 0 spiro atoms. The lowest BCUT2D eigenvalue weighted by molar-refractivity contribution is -0.384. The van der Waals surface area contributed by atoms with Crippen LogP contribution < -0.4 is 10.1 Å². The topological polar surface area (TPSA) is 64.4 Å². The highest BCUT2D eigenvalue weighted by Crippen LogP contribution is 2.19. The molecule has 0 atom stereocenters. The summed E-state index contributed by atoms with van der Waals surface area (Å²) in [6.07, 6.45) is 2.49. The lowest BCUT2D eigenvalue weighted by atomic mass is 10.3. The van der Waals surface area contributed by atoms with Gasteiger partial charge in [-0.3, -0.25) is 10.1 Å². The van der Waals surface area contributed by atoms with Crippen molar-refractivity contribution in [3.63, 3.8) is 0 Å². The molecule has 0 unspecified atom stereocenters. The van der Waals surface area contributed by atoms with E-state index in [9.17, 15) is 10.1 Å². The number of benzene rings is 1. The zero-order valence-electron chi connectivity index (χ0n) is 9.30. The highest BCUT2D eigenvalue weighted by molar-refractivity contribution is 5.85. The molecule has 17 heavy (non-hydrogen) atoms. The van der Waals surface area contributed by atoms with Gasteiger partial charge in [0.25, 0.3) is 5.69 Å². The van der Waals surface area contributed by atoms with Gasteiger partial charge in [-0.1, -0.05) is 6.07 Å². The number of hydrogen-bond acceptors (Lipinski definition) is 4. The molecule has 0 amide bonds. The van der Waals surface area contributed by atoms with Crippen LogP contribution in [0.15, 0.2) is 24.3 Å². The van der Waals surface area contributed by atoms with E-state index in [-0.39, 0.29) is 18.1 Å². The van der Waals surface area contributed by atoms with Gasteiger partial charge in [0.2, 0.25) is 0 Å². The van der Waals surface area contributed by atoms with Gasteiger partial charge in [0.15, 0.2) is 0 Å². The minimum Gasteiger partial charge on any atom is -0.492 e. The number of nitrogens with zero attached hydrogens (tertiary/aromatic N) is 1. The zero-order chi connectivity index (χ0) is 11.4. The largest absolute Gasteiger partial charge is 0.492 e. The van der Waals surface area contributed by atoms with Crippen LogP contribution in [-0.2, 0) is 0 Å². The van der Waals surface area contributed by atoms with Gasteiger partial charge in [0, 0.05) is 18.7 Å². The Hall–Kier alpha value is -1.33. The number of rotatable bonds is 6. The first-order valence-corrected chi connectivity index (χ1v) is 5.36. The Balaban J connectivity index is 0.00000144. The molecular formula is C11H15ClN2O3. The number of non-ortho nitro benzene ring substituents is 1. The predicted octanol–water partition coefficient (Wildman–Crippen LogP) is 2.15. The standard InChI is InChI=1S/C11H14N2O3.ClH/c14-13(15)10-2-1-3-11(8-10)16-7-6-12-9-4-5-9;/h1-3,8-9,12H,4-7H2;1H. The fraction of sp³-hybridized carbons (Fsp3) is 0.455. The number of halogens is 1. The minimum atomic E-state index is -0.421. The molecule has 94 valence electrons. The summed E-state index contributed by atoms with van der Waals surface area (Å²) in [5, 5.41) is 13.8. The molecule has 0 aliphatic heterocycles. The fourth-order valence-electron chi connectivity index (χ4n) is 1.41. The van der Waals surface area contributed by atoms with Crippen molar-refractivity contribution < 1.29 is 9.66 Å². The highest BCUT2D eigenvalue weighted by Gasteiger charge is 2.19. The number of nitro benzene ring substituents is 1. The molecule has 0 heterocycles. The highest BCUT2D eigenvalue weighted by atomic mass is 35.5. The van der Waals surface area contributed by atoms with Crippen LogP contribution in [0, 0.1) is 10.1 Å². The molecular weight excluding hydrogens is 244 g/mol. The molecule has 1 saturated carbocycles. The van der Waals surface area contributed by atoms with Crippen molar-refractivity contribution in [2.24, 2.45) is 0 Å². The van der Waals surface area contributed by atoms with Crippen molar-refractivity contribution in [1.82, 2.24) is 5.32 Å². The molecule has 1 aromatic rings. The Bertz CT molecular complexity index is 383. The third-order valence-corrected chi connectivity index (χ3v) is 2.41. The summed E-state index contributed by atoms with van der Waals surface area (Å²) in [5.74, 6) is 0.548. The van der Waals surface area contributed by atoms with E-state index in [4.69, 9.17) is 4.74 Å². The third-order valence-electron chi connectivity index (χ3n) is 2.41. The number of nitro groups is 1. The van der Waals surface area contributed by atoms with Crippen LogP contribution >= 0.6 is 12.4 Å². The van der Waals surface area contributed by atoms with Crippen LogP contribution in [0.2, 0.25) is 0 Å². The Labute approximate surface area is 106 Å². The van der Waals surface area contributed by atoms with Gasteiger partial charge in [-0.2, -0.15) is 0 Å². The van der Waals surface area contributed by atoms with Gasteiger partial charge in [0.05, 0.1) is 11.0 Å². The number of nitrogens with one attached hydrogen (secondary N) is 1. The van der Waals surface area contributed by atoms with Crippen LogP contribution in [0.4, 0.5) is 5.69 Å². The second-order valence-electron chi connectivity index (χ2n) is 3.83. The van der Waals surface area contributed by atoms with E-state index in [0.717, 1.165) is 6.54 Å². The Morgan fingerprint density at radius 3 is 2.88 bits per heavy atom. The van der Waals surface area contributed by atoms with Crippen LogP contribution in [-0.4, -0.2) is 24.1 Å². The molecule has 1 aliphatic carbocycles. The van der Waals surface area contributed by atoms with Gasteiger partial charge >= 0.3 is 0 Å². The summed E-state index contributed by atoms with van der Waals surface area (Å²) in [5.41, 5.74) is 0.0626. The maximum atomic E-state index is 10.5. The fourth-order valence-corrected chi connectivity index (χ4v) is 1.41. The smallest absolute Gasteiger partial charge is 0.273 e. The maximum Gasteiger partial charge on any atom is 0.273 e. The van der Waals surface area contributed by atoms with Gasteiger partial charge < -0.3 is 10.1 Å². The summed E-state index contributed by atoms with van der Waals surface area (Å²) in [4.78, 5) is 10.1. The molecule has 0 aromatic heterocycles. The molecule has 1 aliphatic rings. The van der Waals surface area contributed by atoms with E-state index in [1.807, 2.05) is 0 Å². The molecule has 1 aromatic carbocycles. The Morgan fingerprint density at radius 2 is 2.24 bits per heavy atom. The van der Waals surface area contributed by atoms with Gasteiger partial charge in [-0.05, 0) is 18.9 Å². The van der Waals surface area contributed by atoms with Crippen LogP contribution in [0.25, 0.3) is 0 Å². The second-order valence-corrected chi connectivity index (χ2v) is 3.83. The first kappa shape index (κ1) is 13.7. The summed E-state index contributed by atoms with van der Waals surface area (Å²) in [6.45, 7) is 1.32. The first-order chi connectivity index (χ1) is 7.75. The van der Waals surface area contributed by atoms with E-state index < -0.39 is 4.92 Å². The normalized spacial score (nSPS) is 13.9. The summed E-state index contributed by atoms with van der Waals surface area (Å²) in [7, 11) is 0. The van der Waals surface area contributed by atoms with Gasteiger partial charge in [-0.25, -0.2) is 0 Å². The van der Waals surface area contributed by atoms with E-state index >= 15 is 0 Å². The zero-order valence-corrected chi connectivity index (χ0v) is 10.1. The average Bonchev–Trinajstić information content (AvgIpc) is 3.09. The van der Waals surface area contributed by atoms with Crippen molar-refractivity contribution in [1.29, 1.82) is 0 Å². The lowest BCUT2D eigenvalue weighted by Crippen LogP contribution is -2.22. The molecule has 6 heteroatoms. The van der Waals surface area contributed by atoms with Crippen LogP contribution in [0.3, 0.4) is 0 Å². The lowest BCUT2D eigenvalue weighted by Gasteiger charge is -2.06. The average molecular weight is 259 g/mol. The molecule has 0 radical (unpaired) electrons. The summed E-state index contributed by atoms with van der Waals surface area (Å²) < 4.78 is 5.41. The van der Waals surface area contributed by atoms with Gasteiger partial charge in [0.1, 0.15) is 12.4 Å². The second kappa shape index (κ2) is 6.42. The molecule has 1 N–H and O–H groups in total. The van der Waals surface area contributed by atoms with Crippen LogP contribution in [0.5, 0.6) is 5.75 Å². The van der Waals surface area contributed by atoms with Crippen LogP contribution in [0.1, 0.15) is 12.8 Å². The summed E-state index contributed by atoms with van der Waals surface area (Å²) in [6, 6.07) is 6.91. The SMILES string of the molecule is Cl.O=[N+]([O-])c1cccc(OCCNC2CC2)c1. The predicted molar refractivity (Wildman–Crippen MR) is 66.9 cm³/mol. The van der Waals surface area contributed by atoms with Crippen molar-refractivity contribution in [3.05, 3.63) is 34.4 Å². The quantitative estimate of drug-likeness (QED) is 0.482. The number of ether oxygens (including phenoxy) is 1. The molecule has 0 saturated heterocycles.